The zero-order valence-electron chi connectivity index (χ0n) is 11.6. The minimum absolute atomic E-state index is 0.0357. The third kappa shape index (κ3) is 3.79. The number of nitrogens with two attached hydrogens (primary N) is 1. The molecule has 0 spiro atoms. The van der Waals surface area contributed by atoms with E-state index in [9.17, 15) is 4.79 Å². The third-order valence-corrected chi connectivity index (χ3v) is 4.58. The number of nitriles is 1. The van der Waals surface area contributed by atoms with Gasteiger partial charge in [0.05, 0.1) is 5.56 Å². The number of hydrogen-bond donors (Lipinski definition) is 2. The van der Waals surface area contributed by atoms with E-state index in [2.05, 4.69) is 23.2 Å². The summed E-state index contributed by atoms with van der Waals surface area (Å²) in [6.45, 7) is 4.82. The van der Waals surface area contributed by atoms with Crippen molar-refractivity contribution in [3.05, 3.63) is 17.0 Å². The van der Waals surface area contributed by atoms with E-state index in [-0.39, 0.29) is 11.9 Å². The molecule has 0 aliphatic carbocycles. The highest BCUT2D eigenvalue weighted by Gasteiger charge is 2.23. The van der Waals surface area contributed by atoms with Crippen molar-refractivity contribution in [1.29, 1.82) is 5.26 Å². The standard InChI is InChI=1S/C14H20N4OS/c1-10-9-18(5-2-12(10)16)6-3-13(19)17-14-11(8-15)4-7-20-14/h4,7,10,12H,2-3,5-6,9,16H2,1H3,(H,17,19). The number of thiophene rings is 1. The van der Waals surface area contributed by atoms with Gasteiger partial charge >= 0.3 is 0 Å². The quantitative estimate of drug-likeness (QED) is 0.883. The highest BCUT2D eigenvalue weighted by Crippen LogP contribution is 2.22. The van der Waals surface area contributed by atoms with Crippen LogP contribution in [0.1, 0.15) is 25.3 Å². The van der Waals surface area contributed by atoms with Gasteiger partial charge in [-0.05, 0) is 30.3 Å². The molecule has 0 saturated carbocycles. The van der Waals surface area contributed by atoms with Gasteiger partial charge in [0.25, 0.3) is 0 Å². The first-order valence-corrected chi connectivity index (χ1v) is 7.73. The molecule has 1 aromatic rings. The van der Waals surface area contributed by atoms with Crippen molar-refractivity contribution in [2.24, 2.45) is 11.7 Å². The number of rotatable bonds is 4. The number of anilines is 1. The first-order valence-electron chi connectivity index (χ1n) is 6.85. The molecule has 0 aromatic carbocycles. The molecular weight excluding hydrogens is 272 g/mol. The number of carbonyl (C=O) groups is 1. The predicted octanol–water partition coefficient (Wildman–Crippen LogP) is 1.62. The SMILES string of the molecule is CC1CN(CCC(=O)Nc2sccc2C#N)CCC1N. The Kier molecular flexibility index (Phi) is 5.12. The van der Waals surface area contributed by atoms with Crippen LogP contribution in [-0.2, 0) is 4.79 Å². The van der Waals surface area contributed by atoms with Crippen LogP contribution in [0, 0.1) is 17.2 Å². The first-order chi connectivity index (χ1) is 9.60. The zero-order valence-corrected chi connectivity index (χ0v) is 12.4. The summed E-state index contributed by atoms with van der Waals surface area (Å²) in [5.74, 6) is 0.445. The van der Waals surface area contributed by atoms with Crippen LogP contribution in [-0.4, -0.2) is 36.5 Å². The Morgan fingerprint density at radius 1 is 1.70 bits per heavy atom. The van der Waals surface area contributed by atoms with E-state index in [0.717, 1.165) is 26.1 Å². The summed E-state index contributed by atoms with van der Waals surface area (Å²) in [6, 6.07) is 4.07. The molecule has 2 unspecified atom stereocenters. The second kappa shape index (κ2) is 6.84. The summed E-state index contributed by atoms with van der Waals surface area (Å²) >= 11 is 1.38. The van der Waals surface area contributed by atoms with E-state index in [0.29, 0.717) is 22.9 Å². The molecule has 1 aliphatic rings. The van der Waals surface area contributed by atoms with Gasteiger partial charge in [-0.25, -0.2) is 0 Å². The summed E-state index contributed by atoms with van der Waals surface area (Å²) in [5.41, 5.74) is 6.51. The summed E-state index contributed by atoms with van der Waals surface area (Å²) in [4.78, 5) is 14.2. The highest BCUT2D eigenvalue weighted by atomic mass is 32.1. The smallest absolute Gasteiger partial charge is 0.226 e. The Morgan fingerprint density at radius 3 is 3.20 bits per heavy atom. The van der Waals surface area contributed by atoms with Crippen molar-refractivity contribution in [2.45, 2.75) is 25.8 Å². The Hall–Kier alpha value is -1.42. The van der Waals surface area contributed by atoms with Crippen LogP contribution < -0.4 is 11.1 Å². The normalized spacial score (nSPS) is 23.2. The molecule has 1 saturated heterocycles. The average Bonchev–Trinajstić information content (AvgIpc) is 2.87. The number of amides is 1. The molecule has 6 heteroatoms. The van der Waals surface area contributed by atoms with Gasteiger partial charge in [-0.15, -0.1) is 11.3 Å². The topological polar surface area (TPSA) is 82.2 Å². The Balaban J connectivity index is 1.77. The maximum Gasteiger partial charge on any atom is 0.226 e. The molecule has 1 aliphatic heterocycles. The van der Waals surface area contributed by atoms with E-state index in [1.54, 1.807) is 6.07 Å². The summed E-state index contributed by atoms with van der Waals surface area (Å²) < 4.78 is 0. The molecule has 3 N–H and O–H groups in total. The summed E-state index contributed by atoms with van der Waals surface area (Å²) in [7, 11) is 0. The Morgan fingerprint density at radius 2 is 2.50 bits per heavy atom. The average molecular weight is 292 g/mol. The summed E-state index contributed by atoms with van der Waals surface area (Å²) in [6.07, 6.45) is 1.44. The lowest BCUT2D eigenvalue weighted by Crippen LogP contribution is -2.46. The number of likely N-dealkylation sites (tertiary alicyclic amines) is 1. The van der Waals surface area contributed by atoms with Crippen LogP contribution >= 0.6 is 11.3 Å². The highest BCUT2D eigenvalue weighted by molar-refractivity contribution is 7.14. The number of nitrogens with one attached hydrogen (secondary N) is 1. The summed E-state index contributed by atoms with van der Waals surface area (Å²) in [5, 5.41) is 14.2. The van der Waals surface area contributed by atoms with E-state index in [1.165, 1.54) is 11.3 Å². The van der Waals surface area contributed by atoms with Gasteiger partial charge in [0.1, 0.15) is 11.1 Å². The fourth-order valence-electron chi connectivity index (χ4n) is 2.40. The first kappa shape index (κ1) is 15.0. The Labute approximate surface area is 123 Å². The van der Waals surface area contributed by atoms with E-state index in [1.807, 2.05) is 5.38 Å². The number of hydrogen-bond acceptors (Lipinski definition) is 5. The van der Waals surface area contributed by atoms with Crippen molar-refractivity contribution in [1.82, 2.24) is 4.90 Å². The number of carbonyl (C=O) groups excluding carboxylic acids is 1. The van der Waals surface area contributed by atoms with Crippen LogP contribution in [0.2, 0.25) is 0 Å². The van der Waals surface area contributed by atoms with E-state index < -0.39 is 0 Å². The second-order valence-electron chi connectivity index (χ2n) is 5.30. The van der Waals surface area contributed by atoms with Crippen LogP contribution in [0.4, 0.5) is 5.00 Å². The third-order valence-electron chi connectivity index (χ3n) is 3.75. The van der Waals surface area contributed by atoms with Crippen molar-refractivity contribution < 1.29 is 4.79 Å². The molecule has 5 nitrogen and oxygen atoms in total. The van der Waals surface area contributed by atoms with Crippen LogP contribution in [0.3, 0.4) is 0 Å². The maximum absolute atomic E-state index is 11.9. The van der Waals surface area contributed by atoms with Gasteiger partial charge in [-0.1, -0.05) is 6.92 Å². The zero-order chi connectivity index (χ0) is 14.5. The van der Waals surface area contributed by atoms with Crippen LogP contribution in [0.25, 0.3) is 0 Å². The molecule has 2 heterocycles. The molecule has 20 heavy (non-hydrogen) atoms. The minimum Gasteiger partial charge on any atom is -0.327 e. The van der Waals surface area contributed by atoms with Crippen LogP contribution in [0.5, 0.6) is 0 Å². The van der Waals surface area contributed by atoms with Gasteiger partial charge in [0, 0.05) is 25.6 Å². The van der Waals surface area contributed by atoms with Gasteiger partial charge in [-0.2, -0.15) is 5.26 Å². The van der Waals surface area contributed by atoms with Crippen molar-refractivity contribution in [3.8, 4) is 6.07 Å². The molecule has 2 atom stereocenters. The lowest BCUT2D eigenvalue weighted by molar-refractivity contribution is -0.116. The molecule has 0 bridgehead atoms. The fourth-order valence-corrected chi connectivity index (χ4v) is 3.15. The molecule has 2 rings (SSSR count). The van der Waals surface area contributed by atoms with Crippen molar-refractivity contribution in [2.75, 3.05) is 25.0 Å². The van der Waals surface area contributed by atoms with Gasteiger partial charge in [-0.3, -0.25) is 4.79 Å². The Bertz CT molecular complexity index is 508. The predicted molar refractivity (Wildman–Crippen MR) is 80.5 cm³/mol. The van der Waals surface area contributed by atoms with Gasteiger partial charge < -0.3 is 16.0 Å². The molecular formula is C14H20N4OS. The molecule has 1 amide bonds. The monoisotopic (exact) mass is 292 g/mol. The molecule has 0 radical (unpaired) electrons. The lowest BCUT2D eigenvalue weighted by atomic mass is 9.95. The molecule has 1 aromatic heterocycles. The fraction of sp³-hybridized carbons (Fsp3) is 0.571. The van der Waals surface area contributed by atoms with Crippen molar-refractivity contribution in [3.63, 3.8) is 0 Å². The second-order valence-corrected chi connectivity index (χ2v) is 6.22. The molecule has 108 valence electrons. The minimum atomic E-state index is -0.0357. The van der Waals surface area contributed by atoms with Gasteiger partial charge in [0.2, 0.25) is 5.91 Å². The molecule has 1 fully saturated rings. The van der Waals surface area contributed by atoms with Gasteiger partial charge in [0.15, 0.2) is 0 Å². The lowest BCUT2D eigenvalue weighted by Gasteiger charge is -2.34. The number of nitrogens with zero attached hydrogens (tertiary/aromatic N) is 2. The number of piperidine rings is 1. The van der Waals surface area contributed by atoms with E-state index >= 15 is 0 Å². The van der Waals surface area contributed by atoms with Crippen molar-refractivity contribution >= 4 is 22.2 Å². The largest absolute Gasteiger partial charge is 0.327 e. The van der Waals surface area contributed by atoms with E-state index in [4.69, 9.17) is 11.0 Å². The van der Waals surface area contributed by atoms with Crippen LogP contribution in [0.15, 0.2) is 11.4 Å². The maximum atomic E-state index is 11.9.